The lowest BCUT2D eigenvalue weighted by Crippen LogP contribution is -1.97. The van der Waals surface area contributed by atoms with E-state index < -0.39 is 5.97 Å². The second kappa shape index (κ2) is 6.45. The summed E-state index contributed by atoms with van der Waals surface area (Å²) in [5, 5.41) is 9.29. The highest BCUT2D eigenvalue weighted by Crippen LogP contribution is 2.27. The molecule has 0 fully saturated rings. The molecule has 0 aliphatic heterocycles. The fourth-order valence-corrected chi connectivity index (χ4v) is 2.41. The van der Waals surface area contributed by atoms with Gasteiger partial charge < -0.3 is 14.6 Å². The molecular formula is C18H16N2O4. The lowest BCUT2D eigenvalue weighted by Gasteiger charge is -2.10. The molecule has 122 valence electrons. The van der Waals surface area contributed by atoms with Crippen LogP contribution in [0.3, 0.4) is 0 Å². The summed E-state index contributed by atoms with van der Waals surface area (Å²) in [4.78, 5) is 15.6. The number of aromatic nitrogens is 2. The summed E-state index contributed by atoms with van der Waals surface area (Å²) in [7, 11) is 3.16. The van der Waals surface area contributed by atoms with Gasteiger partial charge in [-0.1, -0.05) is 18.2 Å². The third-order valence-corrected chi connectivity index (χ3v) is 3.58. The number of nitrogens with zero attached hydrogens (tertiary/aromatic N) is 2. The number of imidazole rings is 1. The van der Waals surface area contributed by atoms with Gasteiger partial charge in [-0.05, 0) is 24.3 Å². The first-order chi connectivity index (χ1) is 11.6. The number of methoxy groups -OCH3 is 2. The zero-order valence-electron chi connectivity index (χ0n) is 13.3. The van der Waals surface area contributed by atoms with Crippen molar-refractivity contribution >= 4 is 5.97 Å². The van der Waals surface area contributed by atoms with Crippen LogP contribution in [-0.2, 0) is 0 Å². The van der Waals surface area contributed by atoms with Crippen LogP contribution in [0.4, 0.5) is 0 Å². The summed E-state index contributed by atoms with van der Waals surface area (Å²) >= 11 is 0. The van der Waals surface area contributed by atoms with E-state index in [1.165, 1.54) is 6.20 Å². The Hall–Kier alpha value is -3.28. The van der Waals surface area contributed by atoms with Crippen molar-refractivity contribution in [1.82, 2.24) is 9.55 Å². The largest absolute Gasteiger partial charge is 0.497 e. The molecule has 0 radical (unpaired) electrons. The predicted molar refractivity (Wildman–Crippen MR) is 89.1 cm³/mol. The van der Waals surface area contributed by atoms with Crippen molar-refractivity contribution in [3.63, 3.8) is 0 Å². The van der Waals surface area contributed by atoms with E-state index in [0.29, 0.717) is 17.3 Å². The van der Waals surface area contributed by atoms with Crippen molar-refractivity contribution in [2.24, 2.45) is 0 Å². The van der Waals surface area contributed by atoms with E-state index >= 15 is 0 Å². The van der Waals surface area contributed by atoms with E-state index in [-0.39, 0.29) is 5.69 Å². The topological polar surface area (TPSA) is 73.6 Å². The molecule has 0 bridgehead atoms. The number of benzene rings is 2. The normalized spacial score (nSPS) is 10.4. The molecule has 1 aromatic heterocycles. The van der Waals surface area contributed by atoms with E-state index in [0.717, 1.165) is 11.3 Å². The number of rotatable bonds is 5. The third-order valence-electron chi connectivity index (χ3n) is 3.58. The summed E-state index contributed by atoms with van der Waals surface area (Å²) < 4.78 is 12.2. The van der Waals surface area contributed by atoms with Gasteiger partial charge in [-0.3, -0.25) is 4.57 Å². The van der Waals surface area contributed by atoms with E-state index in [1.807, 2.05) is 48.5 Å². The van der Waals surface area contributed by atoms with Crippen LogP contribution in [0.5, 0.6) is 11.5 Å². The second-order valence-electron chi connectivity index (χ2n) is 5.06. The third kappa shape index (κ3) is 2.94. The van der Waals surface area contributed by atoms with Crippen molar-refractivity contribution in [2.45, 2.75) is 0 Å². The minimum atomic E-state index is -1.08. The molecule has 0 saturated carbocycles. The van der Waals surface area contributed by atoms with Gasteiger partial charge in [0.1, 0.15) is 17.3 Å². The van der Waals surface area contributed by atoms with Crippen LogP contribution in [0.25, 0.3) is 17.1 Å². The first-order valence-corrected chi connectivity index (χ1v) is 7.24. The van der Waals surface area contributed by atoms with Crippen LogP contribution >= 0.6 is 0 Å². The molecule has 3 rings (SSSR count). The molecule has 0 amide bonds. The van der Waals surface area contributed by atoms with Crippen molar-refractivity contribution < 1.29 is 19.4 Å². The maximum absolute atomic E-state index is 11.4. The van der Waals surface area contributed by atoms with Crippen molar-refractivity contribution in [3.8, 4) is 28.6 Å². The first-order valence-electron chi connectivity index (χ1n) is 7.24. The van der Waals surface area contributed by atoms with E-state index in [1.54, 1.807) is 18.8 Å². The van der Waals surface area contributed by atoms with Crippen LogP contribution in [0.15, 0.2) is 54.7 Å². The lowest BCUT2D eigenvalue weighted by molar-refractivity contribution is 0.0691. The van der Waals surface area contributed by atoms with Crippen molar-refractivity contribution in [3.05, 3.63) is 60.4 Å². The SMILES string of the molecule is COc1cccc(-c2nc(C(=O)O)cn2-c2cccc(OC)c2)c1. The molecule has 0 spiro atoms. The summed E-state index contributed by atoms with van der Waals surface area (Å²) in [6, 6.07) is 14.7. The van der Waals surface area contributed by atoms with E-state index in [9.17, 15) is 9.90 Å². The molecule has 3 aromatic rings. The van der Waals surface area contributed by atoms with Crippen LogP contribution in [-0.4, -0.2) is 34.8 Å². The average Bonchev–Trinajstić information content (AvgIpc) is 3.07. The summed E-state index contributed by atoms with van der Waals surface area (Å²) in [5.74, 6) is 0.777. The molecule has 0 aliphatic carbocycles. The summed E-state index contributed by atoms with van der Waals surface area (Å²) in [6.45, 7) is 0. The molecule has 6 heteroatoms. The Morgan fingerprint density at radius 2 is 1.71 bits per heavy atom. The van der Waals surface area contributed by atoms with E-state index in [2.05, 4.69) is 4.98 Å². The van der Waals surface area contributed by atoms with Gasteiger partial charge in [0, 0.05) is 17.8 Å². The maximum atomic E-state index is 11.4. The molecule has 24 heavy (non-hydrogen) atoms. The average molecular weight is 324 g/mol. The molecule has 1 N–H and O–H groups in total. The Morgan fingerprint density at radius 1 is 1.04 bits per heavy atom. The highest BCUT2D eigenvalue weighted by molar-refractivity contribution is 5.86. The predicted octanol–water partition coefficient (Wildman–Crippen LogP) is 3.25. The molecule has 0 saturated heterocycles. The van der Waals surface area contributed by atoms with Gasteiger partial charge >= 0.3 is 5.97 Å². The van der Waals surface area contributed by atoms with Gasteiger partial charge in [0.05, 0.1) is 19.9 Å². The summed E-state index contributed by atoms with van der Waals surface area (Å²) in [6.07, 6.45) is 1.49. The number of aromatic carboxylic acids is 1. The Labute approximate surface area is 138 Å². The molecule has 0 atom stereocenters. The Morgan fingerprint density at radius 3 is 2.38 bits per heavy atom. The Bertz CT molecular complexity index is 821. The van der Waals surface area contributed by atoms with Crippen molar-refractivity contribution in [1.29, 1.82) is 0 Å². The lowest BCUT2D eigenvalue weighted by atomic mass is 10.2. The number of carbonyl (C=O) groups is 1. The maximum Gasteiger partial charge on any atom is 0.356 e. The Balaban J connectivity index is 2.19. The summed E-state index contributed by atoms with van der Waals surface area (Å²) in [5.41, 5.74) is 1.48. The number of carboxylic acids is 1. The molecule has 0 unspecified atom stereocenters. The minimum absolute atomic E-state index is 0.0318. The Kier molecular flexibility index (Phi) is 4.20. The number of hydrogen-bond acceptors (Lipinski definition) is 4. The van der Waals surface area contributed by atoms with Crippen LogP contribution in [0, 0.1) is 0 Å². The van der Waals surface area contributed by atoms with Crippen LogP contribution in [0.2, 0.25) is 0 Å². The number of hydrogen-bond donors (Lipinski definition) is 1. The molecular weight excluding hydrogens is 308 g/mol. The smallest absolute Gasteiger partial charge is 0.356 e. The van der Waals surface area contributed by atoms with Gasteiger partial charge in [-0.15, -0.1) is 0 Å². The fourth-order valence-electron chi connectivity index (χ4n) is 2.41. The van der Waals surface area contributed by atoms with Gasteiger partial charge in [-0.25, -0.2) is 9.78 Å². The highest BCUT2D eigenvalue weighted by Gasteiger charge is 2.16. The zero-order chi connectivity index (χ0) is 17.1. The zero-order valence-corrected chi connectivity index (χ0v) is 13.3. The van der Waals surface area contributed by atoms with Crippen molar-refractivity contribution in [2.75, 3.05) is 14.2 Å². The molecule has 2 aromatic carbocycles. The number of carboxylic acid groups (broad SMARTS) is 1. The quantitative estimate of drug-likeness (QED) is 0.780. The van der Waals surface area contributed by atoms with Gasteiger partial charge in [0.15, 0.2) is 5.69 Å². The molecule has 1 heterocycles. The fraction of sp³-hybridized carbons (Fsp3) is 0.111. The van der Waals surface area contributed by atoms with Gasteiger partial charge in [0.25, 0.3) is 0 Å². The molecule has 6 nitrogen and oxygen atoms in total. The highest BCUT2D eigenvalue weighted by atomic mass is 16.5. The van der Waals surface area contributed by atoms with E-state index in [4.69, 9.17) is 9.47 Å². The van der Waals surface area contributed by atoms with Crippen LogP contribution < -0.4 is 9.47 Å². The monoisotopic (exact) mass is 324 g/mol. The van der Waals surface area contributed by atoms with Gasteiger partial charge in [-0.2, -0.15) is 0 Å². The minimum Gasteiger partial charge on any atom is -0.497 e. The first kappa shape index (κ1) is 15.6. The van der Waals surface area contributed by atoms with Crippen LogP contribution in [0.1, 0.15) is 10.5 Å². The van der Waals surface area contributed by atoms with Gasteiger partial charge in [0.2, 0.25) is 0 Å². The second-order valence-corrected chi connectivity index (χ2v) is 5.06. The number of ether oxygens (including phenoxy) is 2. The molecule has 0 aliphatic rings. The standard InChI is InChI=1S/C18H16N2O4/c1-23-14-7-3-5-12(9-14)17-19-16(18(21)22)11-20(17)13-6-4-8-15(10-13)24-2/h3-11H,1-2H3,(H,21,22).